The Bertz CT molecular complexity index is 566. The molecular formula is C18H26N2O4. The third kappa shape index (κ3) is 3.30. The standard InChI is InChI=1S/C18H26N2O4/c21-15(16-2-1-8-24-16)10-14-11-23-9-7-20(14)17(22)19-12-18(5-6-18)13-3-4-13/h1-2,8,13-15,21H,3-7,9-12H2,(H,19,22)/t14-,15-/m1/s1. The molecule has 3 aliphatic rings. The van der Waals surface area contributed by atoms with Crippen molar-refractivity contribution in [2.75, 3.05) is 26.3 Å². The highest BCUT2D eigenvalue weighted by Gasteiger charge is 2.53. The van der Waals surface area contributed by atoms with E-state index in [1.165, 1.54) is 25.7 Å². The van der Waals surface area contributed by atoms with Crippen molar-refractivity contribution in [1.29, 1.82) is 0 Å². The first-order chi connectivity index (χ1) is 11.7. The maximum absolute atomic E-state index is 12.6. The van der Waals surface area contributed by atoms with E-state index in [2.05, 4.69) is 5.32 Å². The number of urea groups is 1. The van der Waals surface area contributed by atoms with Crippen LogP contribution in [0.5, 0.6) is 0 Å². The maximum Gasteiger partial charge on any atom is 0.317 e. The van der Waals surface area contributed by atoms with Crippen LogP contribution in [0.1, 0.15) is 44.0 Å². The number of hydrogen-bond donors (Lipinski definition) is 2. The third-order valence-corrected chi connectivity index (χ3v) is 5.78. The molecule has 4 rings (SSSR count). The van der Waals surface area contributed by atoms with Crippen LogP contribution < -0.4 is 5.32 Å². The maximum atomic E-state index is 12.6. The lowest BCUT2D eigenvalue weighted by molar-refractivity contribution is -0.00990. The molecule has 6 heteroatoms. The van der Waals surface area contributed by atoms with E-state index in [9.17, 15) is 9.90 Å². The average molecular weight is 334 g/mol. The summed E-state index contributed by atoms with van der Waals surface area (Å²) in [6.45, 7) is 2.37. The number of amides is 2. The van der Waals surface area contributed by atoms with Gasteiger partial charge in [0.25, 0.3) is 0 Å². The van der Waals surface area contributed by atoms with E-state index in [4.69, 9.17) is 9.15 Å². The zero-order chi connectivity index (χ0) is 16.6. The van der Waals surface area contributed by atoms with Crippen molar-refractivity contribution in [3.8, 4) is 0 Å². The monoisotopic (exact) mass is 334 g/mol. The van der Waals surface area contributed by atoms with E-state index < -0.39 is 6.10 Å². The molecule has 2 heterocycles. The summed E-state index contributed by atoms with van der Waals surface area (Å²) in [4.78, 5) is 14.5. The fraction of sp³-hybridized carbons (Fsp3) is 0.722. The molecule has 0 radical (unpaired) electrons. The predicted octanol–water partition coefficient (Wildman–Crippen LogP) is 2.30. The highest BCUT2D eigenvalue weighted by atomic mass is 16.5. The minimum absolute atomic E-state index is 0.0260. The zero-order valence-electron chi connectivity index (χ0n) is 13.9. The van der Waals surface area contributed by atoms with E-state index in [1.54, 1.807) is 18.4 Å². The van der Waals surface area contributed by atoms with Gasteiger partial charge in [-0.15, -0.1) is 0 Å². The molecule has 6 nitrogen and oxygen atoms in total. The normalized spacial score (nSPS) is 26.9. The van der Waals surface area contributed by atoms with Crippen LogP contribution in [0.25, 0.3) is 0 Å². The largest absolute Gasteiger partial charge is 0.467 e. The topological polar surface area (TPSA) is 74.9 Å². The van der Waals surface area contributed by atoms with Crippen molar-refractivity contribution in [2.45, 2.75) is 44.2 Å². The number of hydrogen-bond acceptors (Lipinski definition) is 4. The molecule has 1 aromatic heterocycles. The van der Waals surface area contributed by atoms with Gasteiger partial charge < -0.3 is 24.5 Å². The molecule has 2 atom stereocenters. The highest BCUT2D eigenvalue weighted by Crippen LogP contribution is 2.60. The predicted molar refractivity (Wildman–Crippen MR) is 87.4 cm³/mol. The Labute approximate surface area is 142 Å². The number of carbonyl (C=O) groups excluding carboxylic acids is 1. The van der Waals surface area contributed by atoms with Gasteiger partial charge >= 0.3 is 6.03 Å². The second-order valence-electron chi connectivity index (χ2n) is 7.48. The van der Waals surface area contributed by atoms with Gasteiger partial charge in [0.2, 0.25) is 0 Å². The fourth-order valence-electron chi connectivity index (χ4n) is 3.91. The number of carbonyl (C=O) groups is 1. The number of rotatable bonds is 6. The van der Waals surface area contributed by atoms with Gasteiger partial charge in [0.05, 0.1) is 25.5 Å². The summed E-state index contributed by atoms with van der Waals surface area (Å²) in [6.07, 6.45) is 6.41. The van der Waals surface area contributed by atoms with Gasteiger partial charge in [-0.2, -0.15) is 0 Å². The number of nitrogens with zero attached hydrogens (tertiary/aromatic N) is 1. The summed E-state index contributed by atoms with van der Waals surface area (Å²) >= 11 is 0. The Morgan fingerprint density at radius 3 is 2.96 bits per heavy atom. The van der Waals surface area contributed by atoms with Gasteiger partial charge in [-0.3, -0.25) is 0 Å². The SMILES string of the molecule is O=C(NCC1(C2CC2)CC1)N1CCOC[C@H]1C[C@@H](O)c1ccco1. The summed E-state index contributed by atoms with van der Waals surface area (Å²) in [7, 11) is 0. The van der Waals surface area contributed by atoms with Crippen molar-refractivity contribution >= 4 is 6.03 Å². The Kier molecular flexibility index (Phi) is 4.26. The Hall–Kier alpha value is -1.53. The summed E-state index contributed by atoms with van der Waals surface area (Å²) in [5.41, 5.74) is 0.394. The van der Waals surface area contributed by atoms with Crippen LogP contribution in [0.15, 0.2) is 22.8 Å². The Morgan fingerprint density at radius 1 is 1.46 bits per heavy atom. The molecule has 1 aromatic rings. The zero-order valence-corrected chi connectivity index (χ0v) is 13.9. The molecular weight excluding hydrogens is 308 g/mol. The number of aliphatic hydroxyl groups is 1. The molecule has 1 aliphatic heterocycles. The van der Waals surface area contributed by atoms with E-state index in [0.717, 1.165) is 12.5 Å². The highest BCUT2D eigenvalue weighted by molar-refractivity contribution is 5.74. The molecule has 0 spiro atoms. The van der Waals surface area contributed by atoms with Gasteiger partial charge in [-0.1, -0.05) is 0 Å². The first-order valence-corrected chi connectivity index (χ1v) is 9.02. The molecule has 1 saturated heterocycles. The molecule has 2 amide bonds. The van der Waals surface area contributed by atoms with Gasteiger partial charge in [-0.25, -0.2) is 4.79 Å². The molecule has 0 unspecified atom stereocenters. The van der Waals surface area contributed by atoms with Crippen molar-refractivity contribution < 1.29 is 19.1 Å². The fourth-order valence-corrected chi connectivity index (χ4v) is 3.91. The van der Waals surface area contributed by atoms with Crippen LogP contribution >= 0.6 is 0 Å². The Morgan fingerprint density at radius 2 is 2.29 bits per heavy atom. The van der Waals surface area contributed by atoms with Crippen molar-refractivity contribution in [3.05, 3.63) is 24.2 Å². The van der Waals surface area contributed by atoms with Crippen LogP contribution in [0, 0.1) is 11.3 Å². The van der Waals surface area contributed by atoms with Gasteiger partial charge in [0, 0.05) is 19.5 Å². The van der Waals surface area contributed by atoms with Crippen LogP contribution in [0.3, 0.4) is 0 Å². The molecule has 2 saturated carbocycles. The number of morpholine rings is 1. The van der Waals surface area contributed by atoms with Crippen molar-refractivity contribution in [1.82, 2.24) is 10.2 Å². The second kappa shape index (κ2) is 6.41. The van der Waals surface area contributed by atoms with Crippen molar-refractivity contribution in [2.24, 2.45) is 11.3 Å². The van der Waals surface area contributed by atoms with Crippen LogP contribution in [0.2, 0.25) is 0 Å². The summed E-state index contributed by atoms with van der Waals surface area (Å²) in [5.74, 6) is 1.37. The quantitative estimate of drug-likeness (QED) is 0.837. The van der Waals surface area contributed by atoms with Gasteiger partial charge in [0.15, 0.2) is 0 Å². The summed E-state index contributed by atoms with van der Waals surface area (Å²) < 4.78 is 10.8. The average Bonchev–Trinajstić information content (AvgIpc) is 3.51. The molecule has 132 valence electrons. The molecule has 2 N–H and O–H groups in total. The van der Waals surface area contributed by atoms with Gasteiger partial charge in [0.1, 0.15) is 11.9 Å². The van der Waals surface area contributed by atoms with E-state index in [-0.39, 0.29) is 12.1 Å². The van der Waals surface area contributed by atoms with Crippen molar-refractivity contribution in [3.63, 3.8) is 0 Å². The minimum atomic E-state index is -0.719. The summed E-state index contributed by atoms with van der Waals surface area (Å²) in [5, 5.41) is 13.4. The first-order valence-electron chi connectivity index (χ1n) is 9.02. The summed E-state index contributed by atoms with van der Waals surface area (Å²) in [6, 6.07) is 3.36. The number of furan rings is 1. The van der Waals surface area contributed by atoms with E-state index in [0.29, 0.717) is 37.4 Å². The molecule has 0 aromatic carbocycles. The number of ether oxygens (including phenoxy) is 1. The van der Waals surface area contributed by atoms with Crippen LogP contribution in [0.4, 0.5) is 4.79 Å². The third-order valence-electron chi connectivity index (χ3n) is 5.78. The van der Waals surface area contributed by atoms with E-state index >= 15 is 0 Å². The molecule has 2 aliphatic carbocycles. The molecule has 0 bridgehead atoms. The lowest BCUT2D eigenvalue weighted by atomic mass is 10.0. The van der Waals surface area contributed by atoms with Crippen LogP contribution in [-0.4, -0.2) is 48.4 Å². The van der Waals surface area contributed by atoms with E-state index in [1.807, 2.05) is 4.90 Å². The smallest absolute Gasteiger partial charge is 0.317 e. The first kappa shape index (κ1) is 16.0. The molecule has 24 heavy (non-hydrogen) atoms. The minimum Gasteiger partial charge on any atom is -0.467 e. The lowest BCUT2D eigenvalue weighted by Gasteiger charge is -2.36. The van der Waals surface area contributed by atoms with Crippen LogP contribution in [-0.2, 0) is 4.74 Å². The number of aliphatic hydroxyl groups excluding tert-OH is 1. The number of nitrogens with one attached hydrogen (secondary N) is 1. The molecule has 3 fully saturated rings. The Balaban J connectivity index is 1.33. The van der Waals surface area contributed by atoms with Gasteiger partial charge in [-0.05, 0) is 49.1 Å². The lowest BCUT2D eigenvalue weighted by Crippen LogP contribution is -2.53. The second-order valence-corrected chi connectivity index (χ2v) is 7.48.